The molecular weight excluding hydrogens is 573 g/mol. The highest BCUT2D eigenvalue weighted by Crippen LogP contribution is 2.34. The van der Waals surface area contributed by atoms with Gasteiger partial charge in [-0.15, -0.1) is 0 Å². The molecule has 2 fully saturated rings. The maximum Gasteiger partial charge on any atom is 0.242 e. The lowest BCUT2D eigenvalue weighted by molar-refractivity contribution is -0.129. The molecule has 1 aromatic carbocycles. The molecule has 0 unspecified atom stereocenters. The van der Waals surface area contributed by atoms with Crippen LogP contribution in [0.3, 0.4) is 0 Å². The standard InChI is InChI=1S/C28H28Cl3N7O2/c29-20-5-6-38-24(15-20)34-26(19-1-3-21(4-2-19)35-11-13-40-14-12-35)28(38)33-18-25(39)36-7-9-37(10-8-36)27-22(30)16-32-17-23(27)31/h1-6,15-17,33H,7-14,18H2. The largest absolute Gasteiger partial charge is 0.378 e. The molecule has 0 radical (unpaired) electrons. The van der Waals surface area contributed by atoms with E-state index in [9.17, 15) is 4.79 Å². The van der Waals surface area contributed by atoms with Crippen LogP contribution < -0.4 is 15.1 Å². The lowest BCUT2D eigenvalue weighted by Gasteiger charge is -2.36. The number of hydrogen-bond acceptors (Lipinski definition) is 7. The second kappa shape index (κ2) is 11.7. The maximum absolute atomic E-state index is 13.2. The first-order valence-corrected chi connectivity index (χ1v) is 14.3. The van der Waals surface area contributed by atoms with Crippen molar-refractivity contribution in [2.24, 2.45) is 0 Å². The number of morpholine rings is 1. The van der Waals surface area contributed by atoms with Gasteiger partial charge in [-0.1, -0.05) is 46.9 Å². The number of imidazole rings is 1. The number of hydrogen-bond donors (Lipinski definition) is 1. The van der Waals surface area contributed by atoms with Gasteiger partial charge in [-0.3, -0.25) is 14.2 Å². The van der Waals surface area contributed by atoms with Crippen LogP contribution >= 0.6 is 34.8 Å². The van der Waals surface area contributed by atoms with E-state index in [4.69, 9.17) is 44.5 Å². The number of nitrogens with one attached hydrogen (secondary N) is 1. The minimum atomic E-state index is 0.00380. The van der Waals surface area contributed by atoms with Gasteiger partial charge >= 0.3 is 0 Å². The number of rotatable bonds is 6. The number of amides is 1. The predicted molar refractivity (Wildman–Crippen MR) is 160 cm³/mol. The molecule has 1 N–H and O–H groups in total. The van der Waals surface area contributed by atoms with Crippen LogP contribution in [0.1, 0.15) is 0 Å². The number of pyridine rings is 2. The monoisotopic (exact) mass is 599 g/mol. The molecule has 0 spiro atoms. The Bertz CT molecular complexity index is 1490. The summed E-state index contributed by atoms with van der Waals surface area (Å²) in [6.45, 7) is 5.73. The molecule has 0 atom stereocenters. The molecule has 0 saturated carbocycles. The quantitative estimate of drug-likeness (QED) is 0.335. The minimum Gasteiger partial charge on any atom is -0.378 e. The van der Waals surface area contributed by atoms with Crippen molar-refractivity contribution in [3.63, 3.8) is 0 Å². The van der Waals surface area contributed by atoms with Gasteiger partial charge in [-0.2, -0.15) is 0 Å². The van der Waals surface area contributed by atoms with Crippen molar-refractivity contribution in [2.75, 3.05) is 74.1 Å². The van der Waals surface area contributed by atoms with Crippen LogP contribution in [-0.4, -0.2) is 84.2 Å². The van der Waals surface area contributed by atoms with Crippen molar-refractivity contribution in [3.05, 3.63) is 70.1 Å². The zero-order valence-electron chi connectivity index (χ0n) is 21.7. The topological polar surface area (TPSA) is 78.2 Å². The number of halogens is 3. The van der Waals surface area contributed by atoms with Crippen LogP contribution in [0, 0.1) is 0 Å². The Balaban J connectivity index is 1.17. The molecule has 2 aliphatic heterocycles. The molecule has 6 rings (SSSR count). The Morgan fingerprint density at radius 1 is 0.900 bits per heavy atom. The molecule has 0 aliphatic carbocycles. The Morgan fingerprint density at radius 2 is 1.60 bits per heavy atom. The smallest absolute Gasteiger partial charge is 0.242 e. The summed E-state index contributed by atoms with van der Waals surface area (Å²) in [5, 5.41) is 4.98. The summed E-state index contributed by atoms with van der Waals surface area (Å²) < 4.78 is 7.40. The van der Waals surface area contributed by atoms with E-state index in [2.05, 4.69) is 44.4 Å². The molecule has 208 valence electrons. The first-order valence-electron chi connectivity index (χ1n) is 13.1. The number of anilines is 3. The van der Waals surface area contributed by atoms with Gasteiger partial charge in [-0.05, 0) is 18.2 Å². The van der Waals surface area contributed by atoms with E-state index in [-0.39, 0.29) is 12.5 Å². The van der Waals surface area contributed by atoms with Crippen molar-refractivity contribution >= 4 is 63.5 Å². The molecule has 3 aromatic heterocycles. The van der Waals surface area contributed by atoms with Crippen LogP contribution in [-0.2, 0) is 9.53 Å². The number of aromatic nitrogens is 3. The lowest BCUT2D eigenvalue weighted by atomic mass is 10.1. The van der Waals surface area contributed by atoms with Gasteiger partial charge in [0, 0.05) is 80.2 Å². The highest BCUT2D eigenvalue weighted by molar-refractivity contribution is 6.38. The number of fused-ring (bicyclic) bond motifs is 1. The van der Waals surface area contributed by atoms with Crippen molar-refractivity contribution < 1.29 is 9.53 Å². The lowest BCUT2D eigenvalue weighted by Crippen LogP contribution is -2.50. The number of nitrogens with zero attached hydrogens (tertiary/aromatic N) is 6. The summed E-state index contributed by atoms with van der Waals surface area (Å²) in [5.41, 5.74) is 4.32. The number of piperazine rings is 1. The van der Waals surface area contributed by atoms with Crippen LogP contribution in [0.4, 0.5) is 17.2 Å². The molecule has 9 nitrogen and oxygen atoms in total. The minimum absolute atomic E-state index is 0.00380. The van der Waals surface area contributed by atoms with Crippen LogP contribution in [0.5, 0.6) is 0 Å². The highest BCUT2D eigenvalue weighted by Gasteiger charge is 2.25. The molecule has 5 heterocycles. The average Bonchev–Trinajstić information content (AvgIpc) is 3.34. The summed E-state index contributed by atoms with van der Waals surface area (Å²) in [4.78, 5) is 28.4. The molecule has 0 bridgehead atoms. The third-order valence-electron chi connectivity index (χ3n) is 7.29. The first kappa shape index (κ1) is 27.0. The van der Waals surface area contributed by atoms with Crippen molar-refractivity contribution in [1.29, 1.82) is 0 Å². The van der Waals surface area contributed by atoms with Crippen LogP contribution in [0.15, 0.2) is 55.0 Å². The Morgan fingerprint density at radius 3 is 2.30 bits per heavy atom. The average molecular weight is 601 g/mol. The Kier molecular flexibility index (Phi) is 7.89. The summed E-state index contributed by atoms with van der Waals surface area (Å²) in [6.07, 6.45) is 5.03. The molecule has 4 aromatic rings. The van der Waals surface area contributed by atoms with Gasteiger partial charge in [0.15, 0.2) is 0 Å². The normalized spacial score (nSPS) is 16.0. The zero-order valence-corrected chi connectivity index (χ0v) is 24.0. The summed E-state index contributed by atoms with van der Waals surface area (Å²) in [7, 11) is 0. The van der Waals surface area contributed by atoms with E-state index >= 15 is 0 Å². The second-order valence-electron chi connectivity index (χ2n) is 9.70. The van der Waals surface area contributed by atoms with Crippen molar-refractivity contribution in [1.82, 2.24) is 19.3 Å². The molecule has 40 heavy (non-hydrogen) atoms. The van der Waals surface area contributed by atoms with E-state index < -0.39 is 0 Å². The van der Waals surface area contributed by atoms with Gasteiger partial charge in [0.25, 0.3) is 0 Å². The molecule has 1 amide bonds. The molecule has 2 saturated heterocycles. The predicted octanol–water partition coefficient (Wildman–Crippen LogP) is 4.95. The van der Waals surface area contributed by atoms with Crippen LogP contribution in [0.2, 0.25) is 15.1 Å². The fraction of sp³-hybridized carbons (Fsp3) is 0.321. The Labute approximate surface area is 247 Å². The van der Waals surface area contributed by atoms with Crippen molar-refractivity contribution in [3.8, 4) is 11.3 Å². The van der Waals surface area contributed by atoms with Gasteiger partial charge in [0.1, 0.15) is 17.2 Å². The number of carbonyl (C=O) groups excluding carboxylic acids is 1. The number of ether oxygens (including phenoxy) is 1. The second-order valence-corrected chi connectivity index (χ2v) is 11.0. The SMILES string of the molecule is O=C(CNc1c(-c2ccc(N3CCOCC3)cc2)nc2cc(Cl)ccn12)N1CCN(c2c(Cl)cncc2Cl)CC1. The molecule has 2 aliphatic rings. The van der Waals surface area contributed by atoms with Gasteiger partial charge in [-0.25, -0.2) is 4.98 Å². The Hall–Kier alpha value is -3.24. The van der Waals surface area contributed by atoms with E-state index in [0.29, 0.717) is 46.9 Å². The summed E-state index contributed by atoms with van der Waals surface area (Å²) in [6, 6.07) is 12.0. The molecule has 12 heteroatoms. The summed E-state index contributed by atoms with van der Waals surface area (Å²) in [5.74, 6) is 0.747. The fourth-order valence-corrected chi connectivity index (χ4v) is 5.96. The number of carbonyl (C=O) groups is 1. The van der Waals surface area contributed by atoms with Crippen LogP contribution in [0.25, 0.3) is 16.9 Å². The number of benzene rings is 1. The van der Waals surface area contributed by atoms with Gasteiger partial charge in [0.05, 0.1) is 35.5 Å². The van der Waals surface area contributed by atoms with E-state index in [1.165, 1.54) is 0 Å². The van der Waals surface area contributed by atoms with Gasteiger partial charge < -0.3 is 24.8 Å². The van der Waals surface area contributed by atoms with E-state index in [1.807, 2.05) is 27.6 Å². The summed E-state index contributed by atoms with van der Waals surface area (Å²) >= 11 is 18.9. The fourth-order valence-electron chi connectivity index (χ4n) is 5.20. The first-order chi connectivity index (χ1) is 19.5. The van der Waals surface area contributed by atoms with E-state index in [0.717, 1.165) is 54.8 Å². The van der Waals surface area contributed by atoms with Crippen molar-refractivity contribution in [2.45, 2.75) is 0 Å². The molecular formula is C28H28Cl3N7O2. The third-order valence-corrected chi connectivity index (χ3v) is 8.08. The zero-order chi connectivity index (χ0) is 27.6. The maximum atomic E-state index is 13.2. The highest BCUT2D eigenvalue weighted by atomic mass is 35.5. The third kappa shape index (κ3) is 5.51. The van der Waals surface area contributed by atoms with E-state index in [1.54, 1.807) is 12.4 Å². The van der Waals surface area contributed by atoms with Gasteiger partial charge in [0.2, 0.25) is 5.91 Å².